The zero-order valence-electron chi connectivity index (χ0n) is 14.9. The van der Waals surface area contributed by atoms with E-state index in [2.05, 4.69) is 13.8 Å². The molecule has 22 heavy (non-hydrogen) atoms. The Kier molecular flexibility index (Phi) is 31.1. The van der Waals surface area contributed by atoms with Crippen LogP contribution in [0.1, 0.15) is 79.1 Å². The van der Waals surface area contributed by atoms with Gasteiger partial charge in [0.25, 0.3) is 0 Å². The third kappa shape index (κ3) is 19.2. The Balaban J connectivity index is -0.000000135. The molecule has 0 bridgehead atoms. The Labute approximate surface area is 189 Å². The van der Waals surface area contributed by atoms with Crippen LogP contribution in [0.2, 0.25) is 0 Å². The van der Waals surface area contributed by atoms with E-state index in [0.717, 1.165) is 38.5 Å². The van der Waals surface area contributed by atoms with Crippen molar-refractivity contribution in [3.8, 4) is 0 Å². The molecule has 0 saturated carbocycles. The molecule has 122 valence electrons. The number of unbranched alkanes of at least 4 members (excludes halogenated alkanes) is 2. The zero-order valence-corrected chi connectivity index (χ0v) is 22.3. The van der Waals surface area contributed by atoms with E-state index in [0.29, 0.717) is 12.8 Å². The van der Waals surface area contributed by atoms with Crippen LogP contribution >= 0.6 is 0 Å². The van der Waals surface area contributed by atoms with Crippen molar-refractivity contribution in [2.75, 3.05) is 0 Å². The van der Waals surface area contributed by atoms with E-state index in [9.17, 15) is 19.8 Å². The summed E-state index contributed by atoms with van der Waals surface area (Å²) < 4.78 is 0. The number of aliphatic carboxylic acids is 2. The molecular weight excluding hydrogens is 459 g/mol. The molecule has 0 saturated heterocycles. The minimum absolute atomic E-state index is 0. The van der Waals surface area contributed by atoms with Crippen molar-refractivity contribution in [3.05, 3.63) is 0 Å². The van der Waals surface area contributed by atoms with Gasteiger partial charge in [-0.2, -0.15) is 0 Å². The smallest absolute Gasteiger partial charge is 0.550 e. The van der Waals surface area contributed by atoms with Crippen LogP contribution in [0.4, 0.5) is 0 Å². The summed E-state index contributed by atoms with van der Waals surface area (Å²) in [5.74, 6) is -2.23. The van der Waals surface area contributed by atoms with Crippen molar-refractivity contribution < 1.29 is 39.3 Å². The summed E-state index contributed by atoms with van der Waals surface area (Å²) in [5, 5.41) is 20.7. The molecule has 0 amide bonds. The van der Waals surface area contributed by atoms with Crippen LogP contribution in [-0.2, 0) is 29.1 Å². The second-order valence-electron chi connectivity index (χ2n) is 5.13. The van der Waals surface area contributed by atoms with E-state index in [1.54, 1.807) is 0 Å². The minimum atomic E-state index is -0.893. The van der Waals surface area contributed by atoms with Crippen LogP contribution in [-0.4, -0.2) is 60.8 Å². The van der Waals surface area contributed by atoms with Crippen molar-refractivity contribution in [1.82, 2.24) is 0 Å². The Morgan fingerprint density at radius 1 is 0.773 bits per heavy atom. The van der Waals surface area contributed by atoms with Gasteiger partial charge in [-0.3, -0.25) is 0 Å². The molecule has 0 aliphatic heterocycles. The van der Waals surface area contributed by atoms with E-state index in [-0.39, 0.29) is 80.2 Å². The molecule has 0 rings (SSSR count). The predicted octanol–water partition coefficient (Wildman–Crippen LogP) is 1.52. The summed E-state index contributed by atoms with van der Waals surface area (Å²) in [5.41, 5.74) is 0. The molecule has 0 N–H and O–H groups in total. The molecule has 4 nitrogen and oxygen atoms in total. The first-order chi connectivity index (χ1) is 9.44. The SMILES string of the molecule is CCCCC(CC)C(=O)[O-].CCCCC(CC)C(=O)[O-].[Ba+2].[Zn]. The normalized spacial score (nSPS) is 11.8. The van der Waals surface area contributed by atoms with Gasteiger partial charge in [0.2, 0.25) is 0 Å². The third-order valence-electron chi connectivity index (χ3n) is 3.46. The number of carbonyl (C=O) groups excluding carboxylic acids is 2. The number of carbonyl (C=O) groups is 2. The van der Waals surface area contributed by atoms with Crippen LogP contribution in [0.3, 0.4) is 0 Å². The molecule has 0 spiro atoms. The molecular formula is C16H30BaO4Zn. The first kappa shape index (κ1) is 31.0. The molecule has 0 fully saturated rings. The van der Waals surface area contributed by atoms with Gasteiger partial charge in [-0.15, -0.1) is 0 Å². The molecule has 0 aliphatic carbocycles. The molecule has 0 aliphatic rings. The first-order valence-electron chi connectivity index (χ1n) is 7.86. The summed E-state index contributed by atoms with van der Waals surface area (Å²) in [7, 11) is 0. The fraction of sp³-hybridized carbons (Fsp3) is 0.875. The molecule has 2 atom stereocenters. The Morgan fingerprint density at radius 2 is 1.05 bits per heavy atom. The maximum atomic E-state index is 10.3. The molecule has 2 unspecified atom stereocenters. The molecule has 0 aromatic heterocycles. The van der Waals surface area contributed by atoms with Gasteiger partial charge in [0.1, 0.15) is 0 Å². The van der Waals surface area contributed by atoms with Gasteiger partial charge in [0.05, 0.1) is 0 Å². The van der Waals surface area contributed by atoms with E-state index in [1.165, 1.54) is 0 Å². The average molecular weight is 489 g/mol. The molecule has 0 aromatic rings. The van der Waals surface area contributed by atoms with Crippen LogP contribution < -0.4 is 10.2 Å². The van der Waals surface area contributed by atoms with Crippen LogP contribution in [0.25, 0.3) is 0 Å². The second kappa shape index (κ2) is 22.1. The van der Waals surface area contributed by atoms with Crippen LogP contribution in [0.5, 0.6) is 0 Å². The van der Waals surface area contributed by atoms with Gasteiger partial charge in [-0.1, -0.05) is 53.4 Å². The molecule has 0 radical (unpaired) electrons. The number of rotatable bonds is 10. The fourth-order valence-electron chi connectivity index (χ4n) is 1.88. The average Bonchev–Trinajstić information content (AvgIpc) is 2.40. The van der Waals surface area contributed by atoms with Crippen molar-refractivity contribution in [2.24, 2.45) is 11.8 Å². The zero-order chi connectivity index (χ0) is 16.0. The van der Waals surface area contributed by atoms with E-state index in [4.69, 9.17) is 0 Å². The third-order valence-corrected chi connectivity index (χ3v) is 3.46. The first-order valence-corrected chi connectivity index (χ1v) is 7.86. The summed E-state index contributed by atoms with van der Waals surface area (Å²) in [6.07, 6.45) is 7.04. The van der Waals surface area contributed by atoms with Gasteiger partial charge < -0.3 is 19.8 Å². The van der Waals surface area contributed by atoms with E-state index < -0.39 is 11.9 Å². The fourth-order valence-corrected chi connectivity index (χ4v) is 1.88. The van der Waals surface area contributed by atoms with Crippen molar-refractivity contribution >= 4 is 60.8 Å². The quantitative estimate of drug-likeness (QED) is 0.437. The topological polar surface area (TPSA) is 80.3 Å². The maximum absolute atomic E-state index is 10.3. The Morgan fingerprint density at radius 3 is 1.18 bits per heavy atom. The number of carboxylic acid groups (broad SMARTS) is 2. The minimum Gasteiger partial charge on any atom is -0.550 e. The van der Waals surface area contributed by atoms with Gasteiger partial charge >= 0.3 is 48.9 Å². The van der Waals surface area contributed by atoms with Crippen LogP contribution in [0, 0.1) is 11.8 Å². The van der Waals surface area contributed by atoms with Crippen molar-refractivity contribution in [1.29, 1.82) is 0 Å². The van der Waals surface area contributed by atoms with Crippen molar-refractivity contribution in [3.63, 3.8) is 0 Å². The molecule has 0 aromatic carbocycles. The van der Waals surface area contributed by atoms with Crippen LogP contribution in [0.15, 0.2) is 0 Å². The standard InChI is InChI=1S/2C8H16O2.Ba.Zn/c2*1-3-5-6-7(4-2)8(9)10;;/h2*7H,3-6H2,1-2H3,(H,9,10);;/q;;+2;/p-2. The Bertz CT molecular complexity index is 237. The van der Waals surface area contributed by atoms with Gasteiger partial charge in [0, 0.05) is 31.4 Å². The summed E-state index contributed by atoms with van der Waals surface area (Å²) in [6.45, 7) is 7.89. The summed E-state index contributed by atoms with van der Waals surface area (Å²) >= 11 is 0. The number of carboxylic acids is 2. The predicted molar refractivity (Wildman–Crippen MR) is 82.4 cm³/mol. The largest absolute Gasteiger partial charge is 2.00 e. The van der Waals surface area contributed by atoms with E-state index >= 15 is 0 Å². The monoisotopic (exact) mass is 488 g/mol. The Hall–Kier alpha value is 1.13. The summed E-state index contributed by atoms with van der Waals surface area (Å²) in [4.78, 5) is 20.7. The molecule has 0 heterocycles. The number of hydrogen-bond acceptors (Lipinski definition) is 4. The van der Waals surface area contributed by atoms with E-state index in [1.807, 2.05) is 13.8 Å². The second-order valence-corrected chi connectivity index (χ2v) is 5.13. The van der Waals surface area contributed by atoms with Gasteiger partial charge in [-0.05, 0) is 37.5 Å². The van der Waals surface area contributed by atoms with Gasteiger partial charge in [-0.25, -0.2) is 0 Å². The maximum Gasteiger partial charge on any atom is 2.00 e. The van der Waals surface area contributed by atoms with Gasteiger partial charge in [0.15, 0.2) is 0 Å². The summed E-state index contributed by atoms with van der Waals surface area (Å²) in [6, 6.07) is 0. The van der Waals surface area contributed by atoms with Crippen molar-refractivity contribution in [2.45, 2.75) is 79.1 Å². The molecule has 6 heteroatoms. The number of hydrogen-bond donors (Lipinski definition) is 0.